The van der Waals surface area contributed by atoms with E-state index < -0.39 is 122 Å². The molecule has 0 saturated carbocycles. The highest BCUT2D eigenvalue weighted by atomic mass is 16.4. The van der Waals surface area contributed by atoms with Crippen molar-refractivity contribution in [3.05, 3.63) is 35.9 Å². The van der Waals surface area contributed by atoms with Gasteiger partial charge in [-0.05, 0) is 38.2 Å². The maximum atomic E-state index is 14.1. The highest BCUT2D eigenvalue weighted by molar-refractivity contribution is 5.99. The number of fused-ring (bicyclic) bond motifs is 1. The molecule has 0 aromatic heterocycles. The summed E-state index contributed by atoms with van der Waals surface area (Å²) in [6, 6.07) is -1.90. The number of amides is 8. The molecule has 3 rings (SSSR count). The van der Waals surface area contributed by atoms with Crippen molar-refractivity contribution < 1.29 is 58.5 Å². The standard InChI is InChI=1S/C35H51N11O12/c1-18-28(52)44-23(16-47)32(56)45-24(17-48)31(55)42-20(9-5-11-38-35(36)37)29(53)39-15-26(49)41-21(14-27(50)51)30(54)43-22(13-19-7-3-2-4-8-19)34(58)46-12-6-10-25(46)33(57)40-18/h2-4,7-8,18,20-25,47-48H,5-6,9-17H2,1H3,(H,39,53)(H,40,57)(H,41,49)(H,42,55)(H,43,54)(H,44,52)(H,45,56)(H,50,51)(H4,36,37,38)/t18-,20-,21-,22-,23-,24-,25-/m0/s1. The molecule has 23 heteroatoms. The Labute approximate surface area is 332 Å². The molecule has 0 radical (unpaired) electrons. The zero-order valence-electron chi connectivity index (χ0n) is 31.8. The van der Waals surface area contributed by atoms with Gasteiger partial charge in [-0.15, -0.1) is 0 Å². The molecule has 8 amide bonds. The van der Waals surface area contributed by atoms with E-state index in [2.05, 4.69) is 42.2 Å². The minimum atomic E-state index is -1.75. The van der Waals surface area contributed by atoms with Crippen LogP contribution in [0.3, 0.4) is 0 Å². The number of aliphatic hydroxyl groups excluding tert-OH is 2. The summed E-state index contributed by atoms with van der Waals surface area (Å²) in [5.74, 6) is -9.36. The molecular formula is C35H51N11O12. The van der Waals surface area contributed by atoms with Crippen LogP contribution < -0.4 is 48.7 Å². The van der Waals surface area contributed by atoms with E-state index in [1.807, 2.05) is 0 Å². The number of hydrogen-bond donors (Lipinski definition) is 12. The number of carboxylic acid groups (broad SMARTS) is 1. The molecule has 0 spiro atoms. The number of benzene rings is 1. The number of carbonyl (C=O) groups excluding carboxylic acids is 8. The molecule has 7 atom stereocenters. The molecule has 2 fully saturated rings. The van der Waals surface area contributed by atoms with Crippen LogP contribution in [0.15, 0.2) is 35.3 Å². The van der Waals surface area contributed by atoms with Crippen molar-refractivity contribution in [3.8, 4) is 0 Å². The van der Waals surface area contributed by atoms with E-state index in [-0.39, 0.29) is 44.7 Å². The Bertz CT molecular complexity index is 1710. The second-order valence-electron chi connectivity index (χ2n) is 13.6. The van der Waals surface area contributed by atoms with Gasteiger partial charge in [0, 0.05) is 19.5 Å². The maximum absolute atomic E-state index is 14.1. The van der Waals surface area contributed by atoms with Crippen molar-refractivity contribution in [2.24, 2.45) is 16.5 Å². The monoisotopic (exact) mass is 817 g/mol. The van der Waals surface area contributed by atoms with Crippen LogP contribution in [0.1, 0.15) is 44.6 Å². The van der Waals surface area contributed by atoms with E-state index in [0.717, 1.165) is 0 Å². The van der Waals surface area contributed by atoms with Gasteiger partial charge < -0.3 is 68.9 Å². The fourth-order valence-corrected chi connectivity index (χ4v) is 6.12. The third-order valence-corrected chi connectivity index (χ3v) is 9.15. The molecular weight excluding hydrogens is 766 g/mol. The number of aliphatic imine (C=N–C) groups is 1. The van der Waals surface area contributed by atoms with Crippen LogP contribution in [0, 0.1) is 0 Å². The van der Waals surface area contributed by atoms with Gasteiger partial charge >= 0.3 is 5.97 Å². The topological polar surface area (TPSA) is 366 Å². The quantitative estimate of drug-likeness (QED) is 0.0594. The van der Waals surface area contributed by atoms with Crippen molar-refractivity contribution in [2.75, 3.05) is 32.8 Å². The zero-order chi connectivity index (χ0) is 42.9. The molecule has 58 heavy (non-hydrogen) atoms. The Morgan fingerprint density at radius 1 is 0.759 bits per heavy atom. The van der Waals surface area contributed by atoms with Crippen molar-refractivity contribution >= 4 is 59.2 Å². The summed E-state index contributed by atoms with van der Waals surface area (Å²) >= 11 is 0. The average molecular weight is 818 g/mol. The molecule has 14 N–H and O–H groups in total. The smallest absolute Gasteiger partial charge is 0.305 e. The Balaban J connectivity index is 1.99. The van der Waals surface area contributed by atoms with E-state index in [9.17, 15) is 58.5 Å². The van der Waals surface area contributed by atoms with Crippen molar-refractivity contribution in [1.29, 1.82) is 0 Å². The molecule has 2 heterocycles. The lowest BCUT2D eigenvalue weighted by Crippen LogP contribution is -2.61. The lowest BCUT2D eigenvalue weighted by molar-refractivity contribution is -0.143. The first-order chi connectivity index (χ1) is 27.5. The summed E-state index contributed by atoms with van der Waals surface area (Å²) in [6.45, 7) is -1.43. The summed E-state index contributed by atoms with van der Waals surface area (Å²) in [6.07, 6.45) is -0.528. The molecule has 1 aromatic carbocycles. The van der Waals surface area contributed by atoms with E-state index in [1.54, 1.807) is 30.3 Å². The Kier molecular flexibility index (Phi) is 17.8. The second kappa shape index (κ2) is 22.4. The van der Waals surface area contributed by atoms with Crippen molar-refractivity contribution in [1.82, 2.24) is 42.1 Å². The van der Waals surface area contributed by atoms with Crippen molar-refractivity contribution in [3.63, 3.8) is 0 Å². The largest absolute Gasteiger partial charge is 0.481 e. The first-order valence-corrected chi connectivity index (χ1v) is 18.5. The fourth-order valence-electron chi connectivity index (χ4n) is 6.12. The van der Waals surface area contributed by atoms with Gasteiger partial charge in [0.2, 0.25) is 47.3 Å². The lowest BCUT2D eigenvalue weighted by atomic mass is 10.0. The third kappa shape index (κ3) is 14.0. The minimum absolute atomic E-state index is 0.0115. The number of aliphatic carboxylic acids is 1. The van der Waals surface area contributed by atoms with E-state index >= 15 is 0 Å². The molecule has 0 aliphatic carbocycles. The predicted molar refractivity (Wildman–Crippen MR) is 201 cm³/mol. The predicted octanol–water partition coefficient (Wildman–Crippen LogP) is -6.21. The Hall–Kier alpha value is -6.36. The van der Waals surface area contributed by atoms with Gasteiger partial charge in [-0.25, -0.2) is 0 Å². The van der Waals surface area contributed by atoms with E-state index in [1.165, 1.54) is 11.8 Å². The number of guanidine groups is 1. The van der Waals surface area contributed by atoms with Gasteiger partial charge in [0.1, 0.15) is 42.3 Å². The minimum Gasteiger partial charge on any atom is -0.481 e. The molecule has 1 aromatic rings. The van der Waals surface area contributed by atoms with Crippen LogP contribution in [0.2, 0.25) is 0 Å². The lowest BCUT2D eigenvalue weighted by Gasteiger charge is -2.30. The van der Waals surface area contributed by atoms with Gasteiger partial charge in [0.05, 0.1) is 26.2 Å². The van der Waals surface area contributed by atoms with Crippen LogP contribution in [0.4, 0.5) is 0 Å². The molecule has 2 aliphatic heterocycles. The maximum Gasteiger partial charge on any atom is 0.305 e. The average Bonchev–Trinajstić information content (AvgIpc) is 3.68. The number of carboxylic acids is 1. The summed E-state index contributed by atoms with van der Waals surface area (Å²) in [7, 11) is 0. The van der Waals surface area contributed by atoms with Gasteiger partial charge in [-0.3, -0.25) is 48.1 Å². The van der Waals surface area contributed by atoms with Crippen LogP contribution >= 0.6 is 0 Å². The van der Waals surface area contributed by atoms with Crippen LogP contribution in [-0.2, 0) is 49.6 Å². The molecule has 2 aliphatic rings. The van der Waals surface area contributed by atoms with Crippen LogP contribution in [0.25, 0.3) is 0 Å². The number of nitrogens with two attached hydrogens (primary N) is 2. The number of rotatable bonds is 10. The van der Waals surface area contributed by atoms with E-state index in [0.29, 0.717) is 12.0 Å². The highest BCUT2D eigenvalue weighted by Crippen LogP contribution is 2.20. The second-order valence-corrected chi connectivity index (χ2v) is 13.6. The fraction of sp³-hybridized carbons (Fsp3) is 0.543. The summed E-state index contributed by atoms with van der Waals surface area (Å²) in [4.78, 5) is 124. The molecule has 2 saturated heterocycles. The first kappa shape index (κ1) is 46.0. The molecule has 0 bridgehead atoms. The van der Waals surface area contributed by atoms with Crippen LogP contribution in [0.5, 0.6) is 0 Å². The molecule has 318 valence electrons. The number of nitrogens with zero attached hydrogens (tertiary/aromatic N) is 2. The third-order valence-electron chi connectivity index (χ3n) is 9.15. The number of aliphatic hydroxyl groups is 2. The summed E-state index contributed by atoms with van der Waals surface area (Å²) in [5, 5.41) is 45.8. The van der Waals surface area contributed by atoms with Gasteiger partial charge in [0.25, 0.3) is 0 Å². The number of hydrogen-bond acceptors (Lipinski definition) is 12. The molecule has 23 nitrogen and oxygen atoms in total. The van der Waals surface area contributed by atoms with Gasteiger partial charge in [-0.1, -0.05) is 30.3 Å². The van der Waals surface area contributed by atoms with Gasteiger partial charge in [0.15, 0.2) is 5.96 Å². The Morgan fingerprint density at radius 2 is 1.34 bits per heavy atom. The van der Waals surface area contributed by atoms with Crippen molar-refractivity contribution in [2.45, 2.75) is 87.7 Å². The first-order valence-electron chi connectivity index (χ1n) is 18.5. The number of carbonyl (C=O) groups is 9. The highest BCUT2D eigenvalue weighted by Gasteiger charge is 2.40. The SMILES string of the molecule is C[C@@H]1NC(=O)[C@@H]2CCCN2C(=O)[C@H](Cc2ccccc2)NC(=O)[C@H](CC(=O)O)NC(=O)CNC(=O)[C@H](CCCN=C(N)N)NC(=O)[C@H](CO)NC(=O)[C@H](CO)NC1=O. The zero-order valence-corrected chi connectivity index (χ0v) is 31.8. The molecule has 0 unspecified atom stereocenters. The normalized spacial score (nSPS) is 26.0. The number of nitrogens with one attached hydrogen (secondary N) is 7. The van der Waals surface area contributed by atoms with E-state index in [4.69, 9.17) is 11.5 Å². The van der Waals surface area contributed by atoms with Gasteiger partial charge in [-0.2, -0.15) is 0 Å². The summed E-state index contributed by atoms with van der Waals surface area (Å²) in [5.41, 5.74) is 11.3. The summed E-state index contributed by atoms with van der Waals surface area (Å²) < 4.78 is 0. The van der Waals surface area contributed by atoms with Crippen LogP contribution in [-0.4, -0.2) is 155 Å². The Morgan fingerprint density at radius 3 is 1.95 bits per heavy atom.